The summed E-state index contributed by atoms with van der Waals surface area (Å²) in [7, 11) is 3.17. The lowest BCUT2D eigenvalue weighted by Gasteiger charge is -2.11. The van der Waals surface area contributed by atoms with Crippen LogP contribution in [0, 0.1) is 0 Å². The van der Waals surface area contributed by atoms with Crippen LogP contribution in [0.3, 0.4) is 0 Å². The van der Waals surface area contributed by atoms with Crippen LogP contribution >= 0.6 is 15.9 Å². The van der Waals surface area contributed by atoms with Crippen molar-refractivity contribution in [2.24, 2.45) is 0 Å². The zero-order valence-electron chi connectivity index (χ0n) is 11.1. The molecule has 0 spiro atoms. The molecule has 6 heteroatoms. The van der Waals surface area contributed by atoms with Crippen molar-refractivity contribution in [3.63, 3.8) is 0 Å². The van der Waals surface area contributed by atoms with Crippen LogP contribution in [0.25, 0.3) is 0 Å². The average molecular weight is 340 g/mol. The third kappa shape index (κ3) is 3.14. The smallest absolute Gasteiger partial charge is 0.256 e. The zero-order valence-corrected chi connectivity index (χ0v) is 12.7. The maximum atomic E-state index is 12.0. The molecule has 0 saturated heterocycles. The van der Waals surface area contributed by atoms with Crippen LogP contribution in [0.1, 0.15) is 15.9 Å². The van der Waals surface area contributed by atoms with E-state index < -0.39 is 0 Å². The van der Waals surface area contributed by atoms with Gasteiger partial charge < -0.3 is 19.2 Å². The molecule has 106 valence electrons. The molecule has 1 aromatic carbocycles. The van der Waals surface area contributed by atoms with Gasteiger partial charge in [0.1, 0.15) is 11.5 Å². The largest absolute Gasteiger partial charge is 0.497 e. The van der Waals surface area contributed by atoms with Crippen molar-refractivity contribution in [1.29, 1.82) is 0 Å². The molecule has 0 unspecified atom stereocenters. The predicted molar refractivity (Wildman–Crippen MR) is 77.1 cm³/mol. The van der Waals surface area contributed by atoms with Crippen molar-refractivity contribution >= 4 is 21.8 Å². The number of nitrogens with one attached hydrogen (secondary N) is 1. The molecule has 1 N–H and O–H groups in total. The van der Waals surface area contributed by atoms with E-state index in [4.69, 9.17) is 13.9 Å². The van der Waals surface area contributed by atoms with Crippen LogP contribution < -0.4 is 14.8 Å². The summed E-state index contributed by atoms with van der Waals surface area (Å²) in [5, 5.41) is 2.80. The highest BCUT2D eigenvalue weighted by molar-refractivity contribution is 9.10. The van der Waals surface area contributed by atoms with Gasteiger partial charge >= 0.3 is 0 Å². The number of rotatable bonds is 5. The van der Waals surface area contributed by atoms with Crippen molar-refractivity contribution in [2.45, 2.75) is 6.54 Å². The number of benzene rings is 1. The number of furan rings is 1. The van der Waals surface area contributed by atoms with Gasteiger partial charge in [0.05, 0.1) is 26.0 Å². The van der Waals surface area contributed by atoms with Crippen LogP contribution in [-0.4, -0.2) is 20.1 Å². The van der Waals surface area contributed by atoms with E-state index in [1.807, 2.05) is 6.07 Å². The number of ether oxygens (including phenoxy) is 2. The number of methoxy groups -OCH3 is 2. The predicted octanol–water partition coefficient (Wildman–Crippen LogP) is 2.99. The minimum atomic E-state index is -0.226. The fourth-order valence-corrected chi connectivity index (χ4v) is 2.17. The van der Waals surface area contributed by atoms with E-state index in [9.17, 15) is 4.79 Å². The Morgan fingerprint density at radius 1 is 1.30 bits per heavy atom. The van der Waals surface area contributed by atoms with Crippen LogP contribution in [-0.2, 0) is 6.54 Å². The highest BCUT2D eigenvalue weighted by atomic mass is 79.9. The highest BCUT2D eigenvalue weighted by Crippen LogP contribution is 2.24. The summed E-state index contributed by atoms with van der Waals surface area (Å²) in [6.07, 6.45) is 1.45. The van der Waals surface area contributed by atoms with Gasteiger partial charge in [-0.1, -0.05) is 0 Å². The summed E-state index contributed by atoms with van der Waals surface area (Å²) < 4.78 is 15.9. The molecule has 1 amide bonds. The van der Waals surface area contributed by atoms with Gasteiger partial charge in [-0.05, 0) is 40.2 Å². The van der Waals surface area contributed by atoms with E-state index >= 15 is 0 Å². The Morgan fingerprint density at radius 3 is 2.70 bits per heavy atom. The maximum Gasteiger partial charge on any atom is 0.256 e. The molecule has 0 atom stereocenters. The Morgan fingerprint density at radius 2 is 2.10 bits per heavy atom. The SMILES string of the molecule is COc1ccc(OC)c(CNC(=O)c2ccoc2Br)c1. The first kappa shape index (κ1) is 14.5. The quantitative estimate of drug-likeness (QED) is 0.909. The Bertz CT molecular complexity index is 609. The molecule has 2 aromatic rings. The van der Waals surface area contributed by atoms with Crippen LogP contribution in [0.15, 0.2) is 39.6 Å². The van der Waals surface area contributed by atoms with Crippen LogP contribution in [0.5, 0.6) is 11.5 Å². The lowest BCUT2D eigenvalue weighted by molar-refractivity contribution is 0.0949. The topological polar surface area (TPSA) is 60.7 Å². The van der Waals surface area contributed by atoms with E-state index in [2.05, 4.69) is 21.2 Å². The second kappa shape index (κ2) is 6.47. The van der Waals surface area contributed by atoms with E-state index in [1.165, 1.54) is 6.26 Å². The van der Waals surface area contributed by atoms with E-state index in [0.29, 0.717) is 28.3 Å². The number of hydrogen-bond acceptors (Lipinski definition) is 4. The number of amides is 1. The monoisotopic (exact) mass is 339 g/mol. The minimum Gasteiger partial charge on any atom is -0.497 e. The lowest BCUT2D eigenvalue weighted by atomic mass is 10.2. The number of hydrogen-bond donors (Lipinski definition) is 1. The molecule has 0 fully saturated rings. The molecule has 1 aromatic heterocycles. The molecule has 0 aliphatic heterocycles. The summed E-state index contributed by atoms with van der Waals surface area (Å²) in [5.41, 5.74) is 1.28. The summed E-state index contributed by atoms with van der Waals surface area (Å²) in [4.78, 5) is 12.0. The first-order valence-electron chi connectivity index (χ1n) is 5.87. The average Bonchev–Trinajstić information content (AvgIpc) is 2.90. The van der Waals surface area contributed by atoms with Gasteiger partial charge in [-0.2, -0.15) is 0 Å². The summed E-state index contributed by atoms with van der Waals surface area (Å²) in [6, 6.07) is 7.02. The van der Waals surface area contributed by atoms with Gasteiger partial charge in [0.2, 0.25) is 0 Å². The van der Waals surface area contributed by atoms with Gasteiger partial charge in [-0.15, -0.1) is 0 Å². The molecule has 2 rings (SSSR count). The third-order valence-corrected chi connectivity index (χ3v) is 3.40. The standard InChI is InChI=1S/C14H14BrNO4/c1-18-10-3-4-12(19-2)9(7-10)8-16-14(17)11-5-6-20-13(11)15/h3-7H,8H2,1-2H3,(H,16,17). The molecule has 0 radical (unpaired) electrons. The number of carbonyl (C=O) groups excluding carboxylic acids is 1. The van der Waals surface area contributed by atoms with Gasteiger partial charge in [0.25, 0.3) is 5.91 Å². The normalized spacial score (nSPS) is 10.2. The third-order valence-electron chi connectivity index (χ3n) is 2.79. The zero-order chi connectivity index (χ0) is 14.5. The van der Waals surface area contributed by atoms with Crippen molar-refractivity contribution in [1.82, 2.24) is 5.32 Å². The minimum absolute atomic E-state index is 0.226. The van der Waals surface area contributed by atoms with Gasteiger partial charge in [0, 0.05) is 12.1 Å². The van der Waals surface area contributed by atoms with Crippen molar-refractivity contribution < 1.29 is 18.7 Å². The summed E-state index contributed by atoms with van der Waals surface area (Å²) in [6.45, 7) is 0.330. The molecular weight excluding hydrogens is 326 g/mol. The Hall–Kier alpha value is -1.95. The first-order chi connectivity index (χ1) is 9.65. The molecule has 0 aliphatic rings. The molecule has 1 heterocycles. The maximum absolute atomic E-state index is 12.0. The van der Waals surface area contributed by atoms with E-state index in [-0.39, 0.29) is 5.91 Å². The first-order valence-corrected chi connectivity index (χ1v) is 6.67. The van der Waals surface area contributed by atoms with Gasteiger partial charge in [-0.3, -0.25) is 4.79 Å². The number of carbonyl (C=O) groups is 1. The molecule has 5 nitrogen and oxygen atoms in total. The van der Waals surface area contributed by atoms with Crippen molar-refractivity contribution in [2.75, 3.05) is 14.2 Å². The molecule has 0 aliphatic carbocycles. The Kier molecular flexibility index (Phi) is 4.68. The Labute approximate surface area is 125 Å². The van der Waals surface area contributed by atoms with Gasteiger partial charge in [0.15, 0.2) is 4.67 Å². The lowest BCUT2D eigenvalue weighted by Crippen LogP contribution is -2.22. The molecule has 0 saturated carbocycles. The highest BCUT2D eigenvalue weighted by Gasteiger charge is 2.13. The Balaban J connectivity index is 2.10. The van der Waals surface area contributed by atoms with E-state index in [1.54, 1.807) is 32.4 Å². The van der Waals surface area contributed by atoms with Crippen molar-refractivity contribution in [3.05, 3.63) is 46.3 Å². The van der Waals surface area contributed by atoms with Crippen molar-refractivity contribution in [3.8, 4) is 11.5 Å². The van der Waals surface area contributed by atoms with Crippen LogP contribution in [0.4, 0.5) is 0 Å². The number of halogens is 1. The van der Waals surface area contributed by atoms with E-state index in [0.717, 1.165) is 5.56 Å². The fourth-order valence-electron chi connectivity index (χ4n) is 1.75. The molecular formula is C14H14BrNO4. The summed E-state index contributed by atoms with van der Waals surface area (Å²) in [5.74, 6) is 1.17. The van der Waals surface area contributed by atoms with Crippen LogP contribution in [0.2, 0.25) is 0 Å². The van der Waals surface area contributed by atoms with Gasteiger partial charge in [-0.25, -0.2) is 0 Å². The fraction of sp³-hybridized carbons (Fsp3) is 0.214. The second-order valence-electron chi connectivity index (χ2n) is 3.97. The molecule has 20 heavy (non-hydrogen) atoms. The molecule has 0 bridgehead atoms. The second-order valence-corrected chi connectivity index (χ2v) is 4.69. The summed E-state index contributed by atoms with van der Waals surface area (Å²) >= 11 is 3.17.